The maximum absolute atomic E-state index is 12.9. The fourth-order valence-electron chi connectivity index (χ4n) is 4.07. The van der Waals surface area contributed by atoms with Crippen molar-refractivity contribution in [3.05, 3.63) is 58.5 Å². The molecule has 13 heteroatoms. The van der Waals surface area contributed by atoms with Gasteiger partial charge in [0.25, 0.3) is 5.91 Å². The third-order valence-corrected chi connectivity index (χ3v) is 6.57. The normalized spacial score (nSPS) is 16.3. The zero-order valence-corrected chi connectivity index (χ0v) is 22.0. The summed E-state index contributed by atoms with van der Waals surface area (Å²) in [6, 6.07) is 6.31. The Morgan fingerprint density at radius 1 is 1.29 bits per heavy atom. The highest BCUT2D eigenvalue weighted by atomic mass is 35.5. The molecule has 38 heavy (non-hydrogen) atoms. The van der Waals surface area contributed by atoms with Crippen LogP contribution in [-0.2, 0) is 16.1 Å². The number of halogens is 3. The fourth-order valence-corrected chi connectivity index (χ4v) is 4.61. The molecule has 0 radical (unpaired) electrons. The van der Waals surface area contributed by atoms with Crippen LogP contribution >= 0.6 is 23.8 Å². The van der Waals surface area contributed by atoms with Crippen molar-refractivity contribution in [1.82, 2.24) is 20.5 Å². The number of anilines is 1. The minimum atomic E-state index is -3.08. The van der Waals surface area contributed by atoms with Crippen LogP contribution < -0.4 is 25.4 Å². The molecule has 0 spiro atoms. The van der Waals surface area contributed by atoms with Crippen LogP contribution in [0.5, 0.6) is 11.5 Å². The number of para-hydroxylation sites is 1. The average molecular weight is 568 g/mol. The lowest BCUT2D eigenvalue weighted by Crippen LogP contribution is -2.39. The van der Waals surface area contributed by atoms with E-state index in [2.05, 4.69) is 30.6 Å². The van der Waals surface area contributed by atoms with E-state index in [9.17, 15) is 13.6 Å². The number of thiocarbonyl (C=S) groups is 1. The Labute approximate surface area is 229 Å². The number of alkyl halides is 2. The summed E-state index contributed by atoms with van der Waals surface area (Å²) in [7, 11) is 0. The molecule has 1 aromatic carbocycles. The zero-order chi connectivity index (χ0) is 26.9. The number of ether oxygens (including phenoxy) is 3. The summed E-state index contributed by atoms with van der Waals surface area (Å²) < 4.78 is 41.8. The van der Waals surface area contributed by atoms with Crippen LogP contribution in [0.25, 0.3) is 0 Å². The van der Waals surface area contributed by atoms with Gasteiger partial charge in [0.2, 0.25) is 0 Å². The van der Waals surface area contributed by atoms with Crippen LogP contribution in [0.1, 0.15) is 12.0 Å². The van der Waals surface area contributed by atoms with Crippen molar-refractivity contribution >= 4 is 40.4 Å². The largest absolute Gasteiger partial charge is 0.490 e. The van der Waals surface area contributed by atoms with E-state index in [4.69, 9.17) is 33.3 Å². The second kappa shape index (κ2) is 13.7. The number of carbonyl (C=O) groups excluding carboxylic acids is 1. The molecule has 2 aromatic rings. The van der Waals surface area contributed by atoms with Crippen LogP contribution in [0.15, 0.2) is 47.9 Å². The molecule has 0 saturated carbocycles. The number of pyridine rings is 1. The second-order valence-electron chi connectivity index (χ2n) is 8.45. The van der Waals surface area contributed by atoms with E-state index in [-0.39, 0.29) is 32.9 Å². The number of amides is 1. The number of rotatable bonds is 11. The molecule has 204 valence electrons. The van der Waals surface area contributed by atoms with Crippen LogP contribution in [0.2, 0.25) is 5.02 Å². The molecule has 0 aliphatic carbocycles. The number of nitrogens with zero attached hydrogens (tertiary/aromatic N) is 2. The molecule has 1 aromatic heterocycles. The first-order valence-corrected chi connectivity index (χ1v) is 12.9. The van der Waals surface area contributed by atoms with Crippen molar-refractivity contribution < 1.29 is 27.8 Å². The van der Waals surface area contributed by atoms with E-state index in [1.54, 1.807) is 18.5 Å². The molecule has 2 aliphatic heterocycles. The first kappa shape index (κ1) is 28.0. The number of nitrogens with one attached hydrogen (secondary N) is 3. The van der Waals surface area contributed by atoms with Crippen LogP contribution in [-0.4, -0.2) is 73.4 Å². The topological polar surface area (TPSA) is 97.0 Å². The van der Waals surface area contributed by atoms with Gasteiger partial charge in [-0.05, 0) is 18.2 Å². The summed E-state index contributed by atoms with van der Waals surface area (Å²) in [5, 5.41) is 8.89. The molecule has 9 nitrogen and oxygen atoms in total. The molecule has 3 heterocycles. The van der Waals surface area contributed by atoms with E-state index in [1.807, 2.05) is 6.07 Å². The second-order valence-corrected chi connectivity index (χ2v) is 9.26. The van der Waals surface area contributed by atoms with Gasteiger partial charge in [-0.2, -0.15) is 8.78 Å². The summed E-state index contributed by atoms with van der Waals surface area (Å²) in [5.74, 6) is 0.00362. The maximum Gasteiger partial charge on any atom is 0.387 e. The Hall–Kier alpha value is -3.06. The Bertz CT molecular complexity index is 1180. The molecule has 4 rings (SSSR count). The molecule has 0 bridgehead atoms. The molecular formula is C25H28ClF2N5O4S. The molecule has 2 aliphatic rings. The first-order valence-electron chi connectivity index (χ1n) is 12.1. The molecule has 0 unspecified atom stereocenters. The summed E-state index contributed by atoms with van der Waals surface area (Å²) in [4.78, 5) is 19.3. The summed E-state index contributed by atoms with van der Waals surface area (Å²) in [6.45, 7) is 2.19. The number of hydrogen-bond acceptors (Lipinski definition) is 8. The van der Waals surface area contributed by atoms with Crippen molar-refractivity contribution in [2.24, 2.45) is 0 Å². The van der Waals surface area contributed by atoms with Crippen molar-refractivity contribution in [2.75, 3.05) is 51.3 Å². The van der Waals surface area contributed by atoms with E-state index < -0.39 is 6.61 Å². The van der Waals surface area contributed by atoms with E-state index in [1.165, 1.54) is 12.1 Å². The maximum atomic E-state index is 12.9. The van der Waals surface area contributed by atoms with Gasteiger partial charge in [-0.15, -0.1) is 0 Å². The van der Waals surface area contributed by atoms with E-state index in [0.717, 1.165) is 38.4 Å². The van der Waals surface area contributed by atoms with Gasteiger partial charge in [-0.3, -0.25) is 14.7 Å². The lowest BCUT2D eigenvalue weighted by molar-refractivity contribution is -0.117. The number of aromatic nitrogens is 1. The summed E-state index contributed by atoms with van der Waals surface area (Å²) >= 11 is 11.5. The molecule has 0 atom stereocenters. The van der Waals surface area contributed by atoms with Crippen LogP contribution in [0.4, 0.5) is 14.5 Å². The summed E-state index contributed by atoms with van der Waals surface area (Å²) in [5.41, 5.74) is 1.80. The molecule has 1 saturated heterocycles. The number of morpholine rings is 1. The third-order valence-electron chi connectivity index (χ3n) is 5.97. The zero-order valence-electron chi connectivity index (χ0n) is 20.5. The van der Waals surface area contributed by atoms with Gasteiger partial charge >= 0.3 is 6.61 Å². The standard InChI is InChI=1S/C25H28ClF2N5O4S/c26-17-2-1-3-19(22(17)37-25(27)28)32-24(38)21-18(5-7-30-23(21)34)31-14-16-4-6-29-15-20(16)36-13-10-33-8-11-35-12-9-33/h1-4,6,15,25,31H,5,7-14H2,(H,30,34)(H,32,38). The minimum Gasteiger partial charge on any atom is -0.490 e. The van der Waals surface area contributed by atoms with Crippen LogP contribution in [0, 0.1) is 0 Å². The minimum absolute atomic E-state index is 0.0163. The highest BCUT2D eigenvalue weighted by Crippen LogP contribution is 2.34. The van der Waals surface area contributed by atoms with Crippen molar-refractivity contribution in [1.29, 1.82) is 0 Å². The van der Waals surface area contributed by atoms with Gasteiger partial charge in [0, 0.05) is 56.6 Å². The Balaban J connectivity index is 1.45. The van der Waals surface area contributed by atoms with Gasteiger partial charge in [0.05, 0.1) is 35.7 Å². The smallest absolute Gasteiger partial charge is 0.387 e. The number of benzene rings is 1. The summed E-state index contributed by atoms with van der Waals surface area (Å²) in [6.07, 6.45) is 3.83. The first-order chi connectivity index (χ1) is 18.4. The lowest BCUT2D eigenvalue weighted by atomic mass is 10.1. The quantitative estimate of drug-likeness (QED) is 0.353. The van der Waals surface area contributed by atoms with Gasteiger partial charge in [-0.1, -0.05) is 29.9 Å². The van der Waals surface area contributed by atoms with Gasteiger partial charge in [0.15, 0.2) is 5.75 Å². The van der Waals surface area contributed by atoms with Gasteiger partial charge < -0.3 is 30.2 Å². The SMILES string of the molecule is O=C1NCCC(NCc2ccncc2OCCN2CCOCC2)=C1C(=S)Nc1cccc(Cl)c1OC(F)F. The van der Waals surface area contributed by atoms with Crippen molar-refractivity contribution in [2.45, 2.75) is 19.6 Å². The molecule has 1 amide bonds. The van der Waals surface area contributed by atoms with Crippen LogP contribution in [0.3, 0.4) is 0 Å². The molecular weight excluding hydrogens is 540 g/mol. The molecule has 3 N–H and O–H groups in total. The van der Waals surface area contributed by atoms with Crippen molar-refractivity contribution in [3.63, 3.8) is 0 Å². The lowest BCUT2D eigenvalue weighted by Gasteiger charge is -2.26. The number of carbonyl (C=O) groups is 1. The monoisotopic (exact) mass is 567 g/mol. The average Bonchev–Trinajstić information content (AvgIpc) is 2.90. The van der Waals surface area contributed by atoms with Crippen molar-refractivity contribution in [3.8, 4) is 11.5 Å². The van der Waals surface area contributed by atoms with Gasteiger partial charge in [0.1, 0.15) is 17.3 Å². The fraction of sp³-hybridized carbons (Fsp3) is 0.400. The van der Waals surface area contributed by atoms with E-state index in [0.29, 0.717) is 37.6 Å². The number of hydrogen-bond donors (Lipinski definition) is 3. The molecule has 1 fully saturated rings. The Kier molecular flexibility index (Phi) is 10.0. The third kappa shape index (κ3) is 7.50. The highest BCUT2D eigenvalue weighted by Gasteiger charge is 2.25. The van der Waals surface area contributed by atoms with Gasteiger partial charge in [-0.25, -0.2) is 0 Å². The van der Waals surface area contributed by atoms with E-state index >= 15 is 0 Å². The Morgan fingerprint density at radius 2 is 2.11 bits per heavy atom. The predicted molar refractivity (Wildman–Crippen MR) is 143 cm³/mol. The predicted octanol–water partition coefficient (Wildman–Crippen LogP) is 3.35. The highest BCUT2D eigenvalue weighted by molar-refractivity contribution is 7.81. The Morgan fingerprint density at radius 3 is 2.89 bits per heavy atom.